The van der Waals surface area contributed by atoms with Gasteiger partial charge in [0.05, 0.1) is 10.0 Å². The van der Waals surface area contributed by atoms with Crippen LogP contribution in [0.2, 0.25) is 10.0 Å². The van der Waals surface area contributed by atoms with E-state index in [9.17, 15) is 9.59 Å². The Morgan fingerprint density at radius 3 is 1.64 bits per heavy atom. The van der Waals surface area contributed by atoms with Crippen LogP contribution in [0.4, 0.5) is 0 Å². The van der Waals surface area contributed by atoms with Gasteiger partial charge in [0.15, 0.2) is 0 Å². The maximum absolute atomic E-state index is 11.5. The van der Waals surface area contributed by atoms with Crippen molar-refractivity contribution in [3.8, 4) is 0 Å². The molecule has 0 saturated carbocycles. The van der Waals surface area contributed by atoms with Crippen molar-refractivity contribution in [2.24, 2.45) is 0 Å². The topological polar surface area (TPSA) is 84.2 Å². The van der Waals surface area contributed by atoms with E-state index in [1.165, 1.54) is 24.5 Å². The predicted octanol–water partition coefficient (Wildman–Crippen LogP) is 3.22. The zero-order chi connectivity index (χ0) is 15.9. The summed E-state index contributed by atoms with van der Waals surface area (Å²) in [6.07, 6.45) is 6.11. The van der Waals surface area contributed by atoms with E-state index in [1.54, 1.807) is 12.2 Å². The molecule has 0 bridgehead atoms. The minimum Gasteiger partial charge on any atom is -0.457 e. The summed E-state index contributed by atoms with van der Waals surface area (Å²) in [6.45, 7) is 0.114. The summed E-state index contributed by atoms with van der Waals surface area (Å²) in [5.74, 6) is -1.04. The first-order valence-electron chi connectivity index (χ1n) is 6.23. The largest absolute Gasteiger partial charge is 0.457 e. The standard InChI is InChI=1S/C14H12Cl2N2O4/c15-9-5-11(17-7-9)13(19)21-3-1-2-4-22-14(20)12-6-10(16)8-18-12/h1-2,5-8,17-18H,3-4H2/b2-1+. The lowest BCUT2D eigenvalue weighted by molar-refractivity contribution is 0.0521. The van der Waals surface area contributed by atoms with Gasteiger partial charge in [0.25, 0.3) is 0 Å². The van der Waals surface area contributed by atoms with Gasteiger partial charge in [0.1, 0.15) is 24.6 Å². The molecule has 0 radical (unpaired) electrons. The Balaban J connectivity index is 1.66. The van der Waals surface area contributed by atoms with Gasteiger partial charge in [-0.15, -0.1) is 0 Å². The Bertz CT molecular complexity index is 632. The molecule has 0 aromatic carbocycles. The van der Waals surface area contributed by atoms with Crippen LogP contribution in [0, 0.1) is 0 Å². The Labute approximate surface area is 136 Å². The van der Waals surface area contributed by atoms with Gasteiger partial charge in [-0.3, -0.25) is 0 Å². The van der Waals surface area contributed by atoms with E-state index in [4.69, 9.17) is 32.7 Å². The second-order valence-corrected chi connectivity index (χ2v) is 5.00. The van der Waals surface area contributed by atoms with E-state index in [0.717, 1.165) is 0 Å². The number of rotatable bonds is 6. The van der Waals surface area contributed by atoms with Gasteiger partial charge in [0, 0.05) is 12.4 Å². The van der Waals surface area contributed by atoms with Crippen molar-refractivity contribution in [3.63, 3.8) is 0 Å². The van der Waals surface area contributed by atoms with Gasteiger partial charge in [0.2, 0.25) is 0 Å². The average Bonchev–Trinajstić information content (AvgIpc) is 3.11. The van der Waals surface area contributed by atoms with Gasteiger partial charge in [-0.05, 0) is 24.3 Å². The van der Waals surface area contributed by atoms with Crippen LogP contribution >= 0.6 is 23.2 Å². The molecule has 0 spiro atoms. The number of aromatic nitrogens is 2. The molecule has 8 heteroatoms. The maximum atomic E-state index is 11.5. The van der Waals surface area contributed by atoms with Crippen molar-refractivity contribution in [3.05, 3.63) is 58.1 Å². The van der Waals surface area contributed by atoms with Crippen LogP contribution in [0.5, 0.6) is 0 Å². The molecule has 0 aliphatic rings. The van der Waals surface area contributed by atoms with Gasteiger partial charge in [-0.1, -0.05) is 23.2 Å². The van der Waals surface area contributed by atoms with Crippen LogP contribution in [-0.4, -0.2) is 35.1 Å². The molecule has 0 unspecified atom stereocenters. The zero-order valence-electron chi connectivity index (χ0n) is 11.3. The maximum Gasteiger partial charge on any atom is 0.355 e. The number of aromatic amines is 2. The summed E-state index contributed by atoms with van der Waals surface area (Å²) in [7, 11) is 0. The molecule has 0 saturated heterocycles. The van der Waals surface area contributed by atoms with Crippen molar-refractivity contribution < 1.29 is 19.1 Å². The van der Waals surface area contributed by atoms with Gasteiger partial charge < -0.3 is 19.4 Å². The lowest BCUT2D eigenvalue weighted by atomic mass is 10.4. The highest BCUT2D eigenvalue weighted by Gasteiger charge is 2.09. The van der Waals surface area contributed by atoms with Crippen molar-refractivity contribution in [2.75, 3.05) is 13.2 Å². The lowest BCUT2D eigenvalue weighted by Gasteiger charge is -2.00. The smallest absolute Gasteiger partial charge is 0.355 e. The second kappa shape index (κ2) is 7.72. The summed E-state index contributed by atoms with van der Waals surface area (Å²) in [5.41, 5.74) is 0.543. The molecular weight excluding hydrogens is 331 g/mol. The number of halogens is 2. The highest BCUT2D eigenvalue weighted by molar-refractivity contribution is 6.31. The molecule has 2 heterocycles. The van der Waals surface area contributed by atoms with Crippen molar-refractivity contribution in [1.82, 2.24) is 9.97 Å². The number of nitrogens with one attached hydrogen (secondary N) is 2. The lowest BCUT2D eigenvalue weighted by Crippen LogP contribution is -2.07. The van der Waals surface area contributed by atoms with E-state index < -0.39 is 11.9 Å². The molecular formula is C14H12Cl2N2O4. The van der Waals surface area contributed by atoms with E-state index in [-0.39, 0.29) is 24.6 Å². The summed E-state index contributed by atoms with van der Waals surface area (Å²) in [6, 6.07) is 2.94. The number of carbonyl (C=O) groups is 2. The van der Waals surface area contributed by atoms with Crippen LogP contribution in [0.1, 0.15) is 21.0 Å². The fourth-order valence-electron chi connectivity index (χ4n) is 1.51. The molecule has 2 aromatic heterocycles. The Hall–Kier alpha value is -2.18. The first-order chi connectivity index (χ1) is 10.6. The molecule has 0 amide bonds. The molecule has 0 atom stereocenters. The fraction of sp³-hybridized carbons (Fsp3) is 0.143. The zero-order valence-corrected chi connectivity index (χ0v) is 12.8. The Kier molecular flexibility index (Phi) is 5.68. The molecule has 116 valence electrons. The molecule has 0 aliphatic carbocycles. The summed E-state index contributed by atoms with van der Waals surface area (Å²) in [4.78, 5) is 28.4. The number of hydrogen-bond acceptors (Lipinski definition) is 4. The third kappa shape index (κ3) is 4.68. The Morgan fingerprint density at radius 2 is 1.32 bits per heavy atom. The van der Waals surface area contributed by atoms with Crippen LogP contribution in [0.25, 0.3) is 0 Å². The average molecular weight is 343 g/mol. The summed E-state index contributed by atoms with van der Waals surface area (Å²) >= 11 is 11.4. The minimum absolute atomic E-state index is 0.0569. The van der Waals surface area contributed by atoms with Crippen molar-refractivity contribution >= 4 is 35.1 Å². The highest BCUT2D eigenvalue weighted by Crippen LogP contribution is 2.11. The molecule has 2 rings (SSSR count). The van der Waals surface area contributed by atoms with Crippen molar-refractivity contribution in [1.29, 1.82) is 0 Å². The molecule has 22 heavy (non-hydrogen) atoms. The van der Waals surface area contributed by atoms with Crippen LogP contribution in [0.15, 0.2) is 36.7 Å². The van der Waals surface area contributed by atoms with Gasteiger partial charge >= 0.3 is 11.9 Å². The molecule has 2 aromatic rings. The van der Waals surface area contributed by atoms with Crippen LogP contribution in [-0.2, 0) is 9.47 Å². The number of hydrogen-bond donors (Lipinski definition) is 2. The third-order valence-corrected chi connectivity index (χ3v) is 2.96. The minimum atomic E-state index is -0.519. The van der Waals surface area contributed by atoms with Crippen LogP contribution in [0.3, 0.4) is 0 Å². The van der Waals surface area contributed by atoms with E-state index in [2.05, 4.69) is 9.97 Å². The third-order valence-electron chi connectivity index (χ3n) is 2.52. The molecule has 0 fully saturated rings. The number of esters is 2. The first kappa shape index (κ1) is 16.2. The van der Waals surface area contributed by atoms with E-state index in [0.29, 0.717) is 10.0 Å². The monoisotopic (exact) mass is 342 g/mol. The first-order valence-corrected chi connectivity index (χ1v) is 6.99. The van der Waals surface area contributed by atoms with Gasteiger partial charge in [-0.25, -0.2) is 9.59 Å². The normalized spacial score (nSPS) is 10.8. The summed E-state index contributed by atoms with van der Waals surface area (Å²) < 4.78 is 9.91. The fourth-order valence-corrected chi connectivity index (χ4v) is 1.84. The molecule has 2 N–H and O–H groups in total. The van der Waals surface area contributed by atoms with E-state index >= 15 is 0 Å². The second-order valence-electron chi connectivity index (χ2n) is 4.13. The Morgan fingerprint density at radius 1 is 0.909 bits per heavy atom. The van der Waals surface area contributed by atoms with Gasteiger partial charge in [-0.2, -0.15) is 0 Å². The summed E-state index contributed by atoms with van der Waals surface area (Å²) in [5, 5.41) is 0.859. The molecule has 6 nitrogen and oxygen atoms in total. The van der Waals surface area contributed by atoms with Crippen molar-refractivity contribution in [2.45, 2.75) is 0 Å². The van der Waals surface area contributed by atoms with Crippen LogP contribution < -0.4 is 0 Å². The number of ether oxygens (including phenoxy) is 2. The highest BCUT2D eigenvalue weighted by atomic mass is 35.5. The molecule has 0 aliphatic heterocycles. The number of carbonyl (C=O) groups excluding carboxylic acids is 2. The quantitative estimate of drug-likeness (QED) is 0.623. The predicted molar refractivity (Wildman–Crippen MR) is 81.3 cm³/mol. The SMILES string of the molecule is O=C(OC/C=C/COC(=O)c1cc(Cl)c[nH]1)c1cc(Cl)c[nH]1. The van der Waals surface area contributed by atoms with E-state index in [1.807, 2.05) is 0 Å². The number of H-pyrrole nitrogens is 2.